The van der Waals surface area contributed by atoms with Gasteiger partial charge in [-0.1, -0.05) is 26.3 Å². The standard InChI is InChI=1S/C11H18N2/c1-3-6-10(12)9(2)11-7-4-5-8-13-11/h4-5,7-10H,3,6,12H2,1-2H3. The number of aromatic nitrogens is 1. The van der Waals surface area contributed by atoms with Gasteiger partial charge in [-0.15, -0.1) is 0 Å². The average Bonchev–Trinajstić information content (AvgIpc) is 2.18. The second-order valence-electron chi connectivity index (χ2n) is 3.50. The molecule has 72 valence electrons. The highest BCUT2D eigenvalue weighted by atomic mass is 14.7. The molecule has 0 aliphatic heterocycles. The summed E-state index contributed by atoms with van der Waals surface area (Å²) in [6.45, 7) is 4.30. The van der Waals surface area contributed by atoms with Gasteiger partial charge in [-0.25, -0.2) is 0 Å². The summed E-state index contributed by atoms with van der Waals surface area (Å²) < 4.78 is 0. The minimum absolute atomic E-state index is 0.236. The van der Waals surface area contributed by atoms with Crippen LogP contribution in [0.5, 0.6) is 0 Å². The Morgan fingerprint density at radius 1 is 1.46 bits per heavy atom. The van der Waals surface area contributed by atoms with Crippen molar-refractivity contribution < 1.29 is 0 Å². The maximum Gasteiger partial charge on any atom is 0.0447 e. The van der Waals surface area contributed by atoms with Crippen molar-refractivity contribution in [3.8, 4) is 0 Å². The minimum Gasteiger partial charge on any atom is -0.327 e. The highest BCUT2D eigenvalue weighted by molar-refractivity contribution is 5.10. The van der Waals surface area contributed by atoms with E-state index in [-0.39, 0.29) is 6.04 Å². The van der Waals surface area contributed by atoms with Gasteiger partial charge in [0, 0.05) is 23.9 Å². The van der Waals surface area contributed by atoms with E-state index in [1.807, 2.05) is 24.4 Å². The van der Waals surface area contributed by atoms with Crippen molar-refractivity contribution in [2.75, 3.05) is 0 Å². The molecule has 0 saturated carbocycles. The lowest BCUT2D eigenvalue weighted by atomic mass is 9.95. The van der Waals surface area contributed by atoms with Gasteiger partial charge in [0.15, 0.2) is 0 Å². The molecule has 0 saturated heterocycles. The van der Waals surface area contributed by atoms with Crippen LogP contribution in [0.4, 0.5) is 0 Å². The molecule has 1 rings (SSSR count). The molecule has 0 aromatic carbocycles. The number of nitrogens with zero attached hydrogens (tertiary/aromatic N) is 1. The molecule has 0 fully saturated rings. The molecule has 2 atom stereocenters. The molecule has 0 aliphatic carbocycles. The molecule has 1 aromatic heterocycles. The summed E-state index contributed by atoms with van der Waals surface area (Å²) in [6.07, 6.45) is 4.03. The fourth-order valence-corrected chi connectivity index (χ4v) is 1.45. The minimum atomic E-state index is 0.236. The van der Waals surface area contributed by atoms with E-state index in [0.29, 0.717) is 5.92 Å². The molecular formula is C11H18N2. The number of hydrogen-bond acceptors (Lipinski definition) is 2. The molecule has 0 radical (unpaired) electrons. The predicted octanol–water partition coefficient (Wildman–Crippen LogP) is 2.31. The fourth-order valence-electron chi connectivity index (χ4n) is 1.45. The third-order valence-corrected chi connectivity index (χ3v) is 2.42. The number of rotatable bonds is 4. The molecule has 1 heterocycles. The van der Waals surface area contributed by atoms with Gasteiger partial charge in [-0.05, 0) is 18.6 Å². The van der Waals surface area contributed by atoms with E-state index in [1.54, 1.807) is 0 Å². The molecule has 2 unspecified atom stereocenters. The summed E-state index contributed by atoms with van der Waals surface area (Å²) >= 11 is 0. The van der Waals surface area contributed by atoms with Crippen LogP contribution in [0.1, 0.15) is 38.3 Å². The Hall–Kier alpha value is -0.890. The molecule has 13 heavy (non-hydrogen) atoms. The Morgan fingerprint density at radius 2 is 2.23 bits per heavy atom. The van der Waals surface area contributed by atoms with E-state index in [1.165, 1.54) is 0 Å². The first kappa shape index (κ1) is 10.2. The SMILES string of the molecule is CCCC(N)C(C)c1ccccn1. The Kier molecular flexibility index (Phi) is 3.90. The van der Waals surface area contributed by atoms with Crippen molar-refractivity contribution >= 4 is 0 Å². The van der Waals surface area contributed by atoms with Crippen molar-refractivity contribution in [1.29, 1.82) is 0 Å². The van der Waals surface area contributed by atoms with E-state index < -0.39 is 0 Å². The number of pyridine rings is 1. The topological polar surface area (TPSA) is 38.9 Å². The monoisotopic (exact) mass is 178 g/mol. The summed E-state index contributed by atoms with van der Waals surface area (Å²) in [7, 11) is 0. The lowest BCUT2D eigenvalue weighted by Crippen LogP contribution is -2.26. The summed E-state index contributed by atoms with van der Waals surface area (Å²) in [5.74, 6) is 0.362. The van der Waals surface area contributed by atoms with E-state index in [9.17, 15) is 0 Å². The first-order valence-electron chi connectivity index (χ1n) is 4.92. The fraction of sp³-hybridized carbons (Fsp3) is 0.545. The van der Waals surface area contributed by atoms with Gasteiger partial charge in [0.05, 0.1) is 0 Å². The van der Waals surface area contributed by atoms with Crippen LogP contribution in [0.3, 0.4) is 0 Å². The normalized spacial score (nSPS) is 15.3. The highest BCUT2D eigenvalue weighted by Gasteiger charge is 2.14. The molecule has 0 amide bonds. The van der Waals surface area contributed by atoms with Crippen LogP contribution in [0, 0.1) is 0 Å². The third kappa shape index (κ3) is 2.81. The summed E-state index contributed by atoms with van der Waals surface area (Å²) in [5.41, 5.74) is 7.12. The summed E-state index contributed by atoms with van der Waals surface area (Å²) in [4.78, 5) is 4.30. The number of nitrogens with two attached hydrogens (primary N) is 1. The molecule has 2 N–H and O–H groups in total. The summed E-state index contributed by atoms with van der Waals surface area (Å²) in [5, 5.41) is 0. The molecule has 2 heteroatoms. The number of hydrogen-bond donors (Lipinski definition) is 1. The van der Waals surface area contributed by atoms with Crippen LogP contribution in [-0.2, 0) is 0 Å². The zero-order chi connectivity index (χ0) is 9.68. The Bertz CT molecular complexity index is 233. The van der Waals surface area contributed by atoms with Crippen LogP contribution in [0.15, 0.2) is 24.4 Å². The average molecular weight is 178 g/mol. The largest absolute Gasteiger partial charge is 0.327 e. The predicted molar refractivity (Wildman–Crippen MR) is 55.5 cm³/mol. The highest BCUT2D eigenvalue weighted by Crippen LogP contribution is 2.17. The maximum atomic E-state index is 6.02. The Morgan fingerprint density at radius 3 is 2.77 bits per heavy atom. The van der Waals surface area contributed by atoms with Crippen LogP contribution >= 0.6 is 0 Å². The quantitative estimate of drug-likeness (QED) is 0.768. The van der Waals surface area contributed by atoms with Gasteiger partial charge < -0.3 is 5.73 Å². The molecule has 2 nitrogen and oxygen atoms in total. The second-order valence-corrected chi connectivity index (χ2v) is 3.50. The van der Waals surface area contributed by atoms with Gasteiger partial charge in [0.25, 0.3) is 0 Å². The lowest BCUT2D eigenvalue weighted by molar-refractivity contribution is 0.514. The lowest BCUT2D eigenvalue weighted by Gasteiger charge is -2.18. The zero-order valence-corrected chi connectivity index (χ0v) is 8.40. The van der Waals surface area contributed by atoms with Crippen LogP contribution in [-0.4, -0.2) is 11.0 Å². The molecule has 0 aliphatic rings. The van der Waals surface area contributed by atoms with Crippen molar-refractivity contribution in [1.82, 2.24) is 4.98 Å². The van der Waals surface area contributed by atoms with Crippen molar-refractivity contribution in [3.63, 3.8) is 0 Å². The smallest absolute Gasteiger partial charge is 0.0447 e. The van der Waals surface area contributed by atoms with E-state index in [4.69, 9.17) is 5.73 Å². The zero-order valence-electron chi connectivity index (χ0n) is 8.40. The second kappa shape index (κ2) is 4.97. The van der Waals surface area contributed by atoms with Gasteiger partial charge in [-0.2, -0.15) is 0 Å². The van der Waals surface area contributed by atoms with Crippen LogP contribution < -0.4 is 5.73 Å². The first-order valence-corrected chi connectivity index (χ1v) is 4.92. The van der Waals surface area contributed by atoms with Crippen molar-refractivity contribution in [2.45, 2.75) is 38.6 Å². The van der Waals surface area contributed by atoms with Crippen molar-refractivity contribution in [2.24, 2.45) is 5.73 Å². The van der Waals surface area contributed by atoms with Gasteiger partial charge in [0.1, 0.15) is 0 Å². The van der Waals surface area contributed by atoms with E-state index in [0.717, 1.165) is 18.5 Å². The first-order chi connectivity index (χ1) is 6.25. The van der Waals surface area contributed by atoms with Crippen LogP contribution in [0.25, 0.3) is 0 Å². The Labute approximate surface area is 80.2 Å². The van der Waals surface area contributed by atoms with E-state index in [2.05, 4.69) is 18.8 Å². The van der Waals surface area contributed by atoms with E-state index >= 15 is 0 Å². The van der Waals surface area contributed by atoms with Gasteiger partial charge in [0.2, 0.25) is 0 Å². The van der Waals surface area contributed by atoms with Gasteiger partial charge >= 0.3 is 0 Å². The van der Waals surface area contributed by atoms with Crippen LogP contribution in [0.2, 0.25) is 0 Å². The third-order valence-electron chi connectivity index (χ3n) is 2.42. The van der Waals surface area contributed by atoms with Crippen molar-refractivity contribution in [3.05, 3.63) is 30.1 Å². The molecule has 1 aromatic rings. The molecular weight excluding hydrogens is 160 g/mol. The molecule has 0 bridgehead atoms. The van der Waals surface area contributed by atoms with Gasteiger partial charge in [-0.3, -0.25) is 4.98 Å². The Balaban J connectivity index is 2.62. The maximum absolute atomic E-state index is 6.02. The molecule has 0 spiro atoms. The summed E-state index contributed by atoms with van der Waals surface area (Å²) in [6, 6.07) is 6.22.